The first-order valence-corrected chi connectivity index (χ1v) is 8.45. The van der Waals surface area contributed by atoms with Crippen LogP contribution in [0.4, 0.5) is 11.5 Å². The zero-order chi connectivity index (χ0) is 17.6. The Morgan fingerprint density at radius 3 is 2.52 bits per heavy atom. The molecule has 0 spiro atoms. The van der Waals surface area contributed by atoms with Crippen LogP contribution in [0.3, 0.4) is 0 Å². The van der Waals surface area contributed by atoms with Gasteiger partial charge in [0, 0.05) is 35.2 Å². The number of carbonyl (C=O) groups excluding carboxylic acids is 1. The summed E-state index contributed by atoms with van der Waals surface area (Å²) in [6.45, 7) is 2.17. The van der Waals surface area contributed by atoms with Crippen molar-refractivity contribution in [3.63, 3.8) is 0 Å². The Hall–Kier alpha value is -2.80. The van der Waals surface area contributed by atoms with Crippen LogP contribution in [-0.2, 0) is 6.54 Å². The van der Waals surface area contributed by atoms with Crippen LogP contribution in [0.25, 0.3) is 0 Å². The number of rotatable bonds is 5. The van der Waals surface area contributed by atoms with Gasteiger partial charge < -0.3 is 10.6 Å². The van der Waals surface area contributed by atoms with Crippen LogP contribution in [0.1, 0.15) is 21.9 Å². The smallest absolute Gasteiger partial charge is 0.270 e. The van der Waals surface area contributed by atoms with Crippen LogP contribution in [0, 0.1) is 6.92 Å². The zero-order valence-electron chi connectivity index (χ0n) is 13.5. The Kier molecular flexibility index (Phi) is 5.35. The fourth-order valence-corrected chi connectivity index (χ4v) is 2.47. The Morgan fingerprint density at radius 1 is 1.08 bits per heavy atom. The first-order valence-electron chi connectivity index (χ1n) is 7.65. The fraction of sp³-hybridized carbons (Fsp3) is 0.111. The Morgan fingerprint density at radius 2 is 1.80 bits per heavy atom. The minimum atomic E-state index is -0.249. The molecule has 0 saturated heterocycles. The van der Waals surface area contributed by atoms with Gasteiger partial charge in [0.1, 0.15) is 17.3 Å². The molecule has 126 valence electrons. The van der Waals surface area contributed by atoms with Crippen molar-refractivity contribution in [2.75, 3.05) is 5.32 Å². The van der Waals surface area contributed by atoms with Crippen molar-refractivity contribution in [3.05, 3.63) is 76.4 Å². The van der Waals surface area contributed by atoms with Crippen LogP contribution in [0.5, 0.6) is 0 Å². The summed E-state index contributed by atoms with van der Waals surface area (Å²) in [4.78, 5) is 24.9. The first kappa shape index (κ1) is 17.0. The molecule has 1 aromatic carbocycles. The number of amides is 1. The van der Waals surface area contributed by atoms with Crippen molar-refractivity contribution in [1.29, 1.82) is 0 Å². The second-order valence-corrected chi connectivity index (χ2v) is 6.27. The highest BCUT2D eigenvalue weighted by molar-refractivity contribution is 9.10. The van der Waals surface area contributed by atoms with E-state index in [2.05, 4.69) is 41.5 Å². The number of hydrogen-bond acceptors (Lipinski definition) is 5. The Bertz CT molecular complexity index is 868. The molecule has 25 heavy (non-hydrogen) atoms. The normalized spacial score (nSPS) is 10.3. The molecule has 7 heteroatoms. The lowest BCUT2D eigenvalue weighted by Crippen LogP contribution is -2.24. The molecule has 0 aliphatic carbocycles. The molecule has 0 bridgehead atoms. The molecule has 3 aromatic rings. The van der Waals surface area contributed by atoms with Crippen molar-refractivity contribution < 1.29 is 4.79 Å². The van der Waals surface area contributed by atoms with Gasteiger partial charge in [0.05, 0.1) is 0 Å². The number of nitrogens with zero attached hydrogens (tertiary/aromatic N) is 3. The topological polar surface area (TPSA) is 79.8 Å². The van der Waals surface area contributed by atoms with Gasteiger partial charge in [-0.3, -0.25) is 9.78 Å². The number of halogens is 1. The summed E-state index contributed by atoms with van der Waals surface area (Å²) in [6, 6.07) is 13.0. The molecule has 0 radical (unpaired) electrons. The quantitative estimate of drug-likeness (QED) is 0.687. The molecule has 0 fully saturated rings. The summed E-state index contributed by atoms with van der Waals surface area (Å²) in [7, 11) is 0. The number of hydrogen-bond donors (Lipinski definition) is 2. The lowest BCUT2D eigenvalue weighted by molar-refractivity contribution is 0.0945. The summed E-state index contributed by atoms with van der Waals surface area (Å²) >= 11 is 3.40. The van der Waals surface area contributed by atoms with Gasteiger partial charge in [-0.05, 0) is 48.9 Å². The van der Waals surface area contributed by atoms with E-state index in [1.165, 1.54) is 0 Å². The van der Waals surface area contributed by atoms with Crippen molar-refractivity contribution in [2.45, 2.75) is 13.5 Å². The maximum absolute atomic E-state index is 12.4. The summed E-state index contributed by atoms with van der Waals surface area (Å²) in [5, 5.41) is 6.03. The third kappa shape index (κ3) is 4.84. The number of anilines is 2. The van der Waals surface area contributed by atoms with E-state index in [4.69, 9.17) is 0 Å². The van der Waals surface area contributed by atoms with E-state index in [0.29, 0.717) is 23.9 Å². The number of aromatic nitrogens is 3. The summed E-state index contributed by atoms with van der Waals surface area (Å²) in [5.41, 5.74) is 2.17. The SMILES string of the molecule is Cc1nc(Nc2ccc(Br)cc2)cc(C(=O)NCc2ccncc2)n1. The predicted octanol–water partition coefficient (Wildman–Crippen LogP) is 3.62. The summed E-state index contributed by atoms with van der Waals surface area (Å²) < 4.78 is 0.994. The van der Waals surface area contributed by atoms with E-state index in [1.54, 1.807) is 25.4 Å². The largest absolute Gasteiger partial charge is 0.347 e. The highest BCUT2D eigenvalue weighted by Gasteiger charge is 2.10. The van der Waals surface area contributed by atoms with E-state index in [0.717, 1.165) is 15.7 Å². The first-order chi connectivity index (χ1) is 12.1. The van der Waals surface area contributed by atoms with Crippen molar-refractivity contribution in [1.82, 2.24) is 20.3 Å². The van der Waals surface area contributed by atoms with Crippen LogP contribution in [0.2, 0.25) is 0 Å². The van der Waals surface area contributed by atoms with Gasteiger partial charge in [0.15, 0.2) is 0 Å². The number of carbonyl (C=O) groups is 1. The van der Waals surface area contributed by atoms with E-state index in [-0.39, 0.29) is 5.91 Å². The highest BCUT2D eigenvalue weighted by atomic mass is 79.9. The third-order valence-electron chi connectivity index (χ3n) is 3.39. The molecule has 0 aliphatic heterocycles. The van der Waals surface area contributed by atoms with Gasteiger partial charge in [0.2, 0.25) is 0 Å². The lowest BCUT2D eigenvalue weighted by Gasteiger charge is -2.09. The molecule has 0 saturated carbocycles. The van der Waals surface area contributed by atoms with Gasteiger partial charge in [-0.25, -0.2) is 9.97 Å². The molecule has 0 unspecified atom stereocenters. The van der Waals surface area contributed by atoms with E-state index >= 15 is 0 Å². The van der Waals surface area contributed by atoms with Crippen LogP contribution in [-0.4, -0.2) is 20.9 Å². The summed E-state index contributed by atoms with van der Waals surface area (Å²) in [6.07, 6.45) is 3.38. The molecule has 6 nitrogen and oxygen atoms in total. The Balaban J connectivity index is 1.72. The van der Waals surface area contributed by atoms with E-state index < -0.39 is 0 Å². The maximum atomic E-state index is 12.4. The van der Waals surface area contributed by atoms with Gasteiger partial charge in [0.25, 0.3) is 5.91 Å². The summed E-state index contributed by atoms with van der Waals surface area (Å²) in [5.74, 6) is 0.848. The second-order valence-electron chi connectivity index (χ2n) is 5.36. The molecule has 2 heterocycles. The minimum Gasteiger partial charge on any atom is -0.347 e. The average molecular weight is 398 g/mol. The van der Waals surface area contributed by atoms with Gasteiger partial charge in [-0.2, -0.15) is 0 Å². The van der Waals surface area contributed by atoms with Crippen LogP contribution >= 0.6 is 15.9 Å². The molecule has 2 aromatic heterocycles. The molecule has 2 N–H and O–H groups in total. The zero-order valence-corrected chi connectivity index (χ0v) is 15.1. The number of nitrogens with one attached hydrogen (secondary N) is 2. The monoisotopic (exact) mass is 397 g/mol. The predicted molar refractivity (Wildman–Crippen MR) is 99.6 cm³/mol. The van der Waals surface area contributed by atoms with Crippen molar-refractivity contribution >= 4 is 33.3 Å². The van der Waals surface area contributed by atoms with Crippen molar-refractivity contribution in [3.8, 4) is 0 Å². The fourth-order valence-electron chi connectivity index (χ4n) is 2.20. The Labute approximate surface area is 153 Å². The van der Waals surface area contributed by atoms with Gasteiger partial charge in [-0.15, -0.1) is 0 Å². The molecular formula is C18H16BrN5O. The molecular weight excluding hydrogens is 382 g/mol. The second kappa shape index (κ2) is 7.85. The third-order valence-corrected chi connectivity index (χ3v) is 3.92. The van der Waals surface area contributed by atoms with Crippen LogP contribution in [0.15, 0.2) is 59.3 Å². The van der Waals surface area contributed by atoms with Gasteiger partial charge >= 0.3 is 0 Å². The number of aryl methyl sites for hydroxylation is 1. The number of benzene rings is 1. The highest BCUT2D eigenvalue weighted by Crippen LogP contribution is 2.18. The lowest BCUT2D eigenvalue weighted by atomic mass is 10.2. The van der Waals surface area contributed by atoms with E-state index in [1.807, 2.05) is 36.4 Å². The van der Waals surface area contributed by atoms with Crippen LogP contribution < -0.4 is 10.6 Å². The standard InChI is InChI=1S/C18H16BrN5O/c1-12-22-16(18(25)21-11-13-6-8-20-9-7-13)10-17(23-12)24-15-4-2-14(19)3-5-15/h2-10H,11H2,1H3,(H,21,25)(H,22,23,24). The van der Waals surface area contributed by atoms with Gasteiger partial charge in [-0.1, -0.05) is 15.9 Å². The minimum absolute atomic E-state index is 0.249. The molecule has 0 atom stereocenters. The van der Waals surface area contributed by atoms with Crippen molar-refractivity contribution in [2.24, 2.45) is 0 Å². The molecule has 1 amide bonds. The maximum Gasteiger partial charge on any atom is 0.270 e. The van der Waals surface area contributed by atoms with E-state index in [9.17, 15) is 4.79 Å². The number of pyridine rings is 1. The molecule has 3 rings (SSSR count). The molecule has 0 aliphatic rings. The average Bonchev–Trinajstić information content (AvgIpc) is 2.62.